The molecule has 9 heteroatoms. The molecule has 178 valence electrons. The Labute approximate surface area is 199 Å². The summed E-state index contributed by atoms with van der Waals surface area (Å²) in [6, 6.07) is 7.90. The summed E-state index contributed by atoms with van der Waals surface area (Å²) in [6.45, 7) is 1.82. The Morgan fingerprint density at radius 1 is 1.15 bits per heavy atom. The van der Waals surface area contributed by atoms with E-state index in [-0.39, 0.29) is 17.6 Å². The van der Waals surface area contributed by atoms with E-state index in [2.05, 4.69) is 15.3 Å². The molecule has 0 aromatic heterocycles. The molecule has 0 radical (unpaired) electrons. The van der Waals surface area contributed by atoms with Crippen LogP contribution < -0.4 is 16.8 Å². The van der Waals surface area contributed by atoms with Crippen LogP contribution in [-0.4, -0.2) is 58.1 Å². The van der Waals surface area contributed by atoms with Crippen LogP contribution in [0, 0.1) is 0 Å². The quantitative estimate of drug-likeness (QED) is 0.304. The molecule has 3 atom stereocenters. The lowest BCUT2D eigenvalue weighted by atomic mass is 10.0. The van der Waals surface area contributed by atoms with Gasteiger partial charge in [-0.1, -0.05) is 18.6 Å². The van der Waals surface area contributed by atoms with Crippen molar-refractivity contribution in [3.05, 3.63) is 29.8 Å². The fourth-order valence-corrected chi connectivity index (χ4v) is 6.53. The molecule has 8 nitrogen and oxygen atoms in total. The Morgan fingerprint density at radius 2 is 1.91 bits per heavy atom. The molecule has 0 aliphatic carbocycles. The number of amides is 1. The van der Waals surface area contributed by atoms with E-state index >= 15 is 0 Å². The highest BCUT2D eigenvalue weighted by Crippen LogP contribution is 2.41. The van der Waals surface area contributed by atoms with E-state index in [9.17, 15) is 9.59 Å². The van der Waals surface area contributed by atoms with Crippen molar-refractivity contribution in [2.24, 2.45) is 21.5 Å². The number of hydrogen-bond acceptors (Lipinski definition) is 4. The van der Waals surface area contributed by atoms with Crippen LogP contribution in [0.25, 0.3) is 0 Å². The third-order valence-electron chi connectivity index (χ3n) is 6.54. The molecular formula is C24H34N6O2S. The van der Waals surface area contributed by atoms with Gasteiger partial charge in [-0.15, -0.1) is 0 Å². The number of hydrogen-bond donors (Lipinski definition) is 3. The van der Waals surface area contributed by atoms with Gasteiger partial charge in [-0.05, 0) is 49.8 Å². The van der Waals surface area contributed by atoms with Crippen LogP contribution in [-0.2, 0) is 16.0 Å². The maximum atomic E-state index is 12.4. The topological polar surface area (TPSA) is 126 Å². The molecule has 3 fully saturated rings. The zero-order valence-electron chi connectivity index (χ0n) is 19.0. The second-order valence-corrected chi connectivity index (χ2v) is 10.7. The Kier molecular flexibility index (Phi) is 7.90. The number of guanidine groups is 2. The van der Waals surface area contributed by atoms with Crippen LogP contribution in [0.15, 0.2) is 34.3 Å². The molecule has 3 aliphatic heterocycles. The van der Waals surface area contributed by atoms with E-state index in [1.807, 2.05) is 40.9 Å². The number of carbonyl (C=O) groups excluding carboxylic acids is 2. The number of rotatable bonds is 8. The SMILES string of the molecule is NC(=Nc1ccc(CC(=O)CCCCC2CC3NC(=O)CC3S2)cc1)N=C(N)N1CCCC1. The van der Waals surface area contributed by atoms with Crippen molar-refractivity contribution in [2.75, 3.05) is 13.1 Å². The van der Waals surface area contributed by atoms with Crippen molar-refractivity contribution in [3.63, 3.8) is 0 Å². The van der Waals surface area contributed by atoms with Gasteiger partial charge in [0, 0.05) is 48.9 Å². The monoisotopic (exact) mass is 470 g/mol. The smallest absolute Gasteiger partial charge is 0.223 e. The number of nitrogens with two attached hydrogens (primary N) is 2. The van der Waals surface area contributed by atoms with E-state index in [0.29, 0.717) is 47.5 Å². The Bertz CT molecular complexity index is 894. The summed E-state index contributed by atoms with van der Waals surface area (Å²) < 4.78 is 0. The number of fused-ring (bicyclic) bond motifs is 1. The molecule has 5 N–H and O–H groups in total. The number of aliphatic imine (C=N–C) groups is 2. The molecule has 3 unspecified atom stereocenters. The maximum Gasteiger partial charge on any atom is 0.223 e. The third-order valence-corrected chi connectivity index (χ3v) is 8.20. The van der Waals surface area contributed by atoms with Gasteiger partial charge in [-0.25, -0.2) is 4.99 Å². The molecule has 0 spiro atoms. The van der Waals surface area contributed by atoms with Gasteiger partial charge in [-0.3, -0.25) is 9.59 Å². The van der Waals surface area contributed by atoms with Crippen molar-refractivity contribution in [1.82, 2.24) is 10.2 Å². The van der Waals surface area contributed by atoms with Gasteiger partial charge >= 0.3 is 0 Å². The average molecular weight is 471 g/mol. The van der Waals surface area contributed by atoms with Gasteiger partial charge in [0.1, 0.15) is 5.78 Å². The summed E-state index contributed by atoms with van der Waals surface area (Å²) in [7, 11) is 0. The fraction of sp³-hybridized carbons (Fsp3) is 0.583. The van der Waals surface area contributed by atoms with Crippen LogP contribution in [0.1, 0.15) is 56.9 Å². The van der Waals surface area contributed by atoms with E-state index in [1.165, 1.54) is 0 Å². The van der Waals surface area contributed by atoms with Crippen molar-refractivity contribution in [2.45, 2.75) is 74.3 Å². The second kappa shape index (κ2) is 11.0. The zero-order chi connectivity index (χ0) is 23.2. The van der Waals surface area contributed by atoms with E-state index in [4.69, 9.17) is 11.5 Å². The minimum Gasteiger partial charge on any atom is -0.369 e. The number of nitrogens with one attached hydrogen (secondary N) is 1. The lowest BCUT2D eigenvalue weighted by Gasteiger charge is -2.15. The molecule has 1 amide bonds. The first-order valence-corrected chi connectivity index (χ1v) is 12.9. The van der Waals surface area contributed by atoms with Gasteiger partial charge in [-0.2, -0.15) is 16.8 Å². The highest BCUT2D eigenvalue weighted by atomic mass is 32.2. The highest BCUT2D eigenvalue weighted by molar-refractivity contribution is 8.00. The number of unbranched alkanes of at least 4 members (excludes halogenated alkanes) is 1. The van der Waals surface area contributed by atoms with E-state index in [0.717, 1.165) is 57.2 Å². The Hall–Kier alpha value is -2.55. The highest BCUT2D eigenvalue weighted by Gasteiger charge is 2.41. The van der Waals surface area contributed by atoms with Gasteiger partial charge < -0.3 is 21.7 Å². The number of nitrogens with zero attached hydrogens (tertiary/aromatic N) is 3. The second-order valence-electron chi connectivity index (χ2n) is 9.17. The van der Waals surface area contributed by atoms with Crippen molar-refractivity contribution in [1.29, 1.82) is 0 Å². The molecule has 0 bridgehead atoms. The molecule has 1 aromatic rings. The minimum atomic E-state index is 0.134. The molecule has 3 aliphatic rings. The predicted octanol–water partition coefficient (Wildman–Crippen LogP) is 2.48. The standard InChI is InChI=1S/C24H34N6O2S/c25-23(29-24(26)30-11-3-4-12-30)27-17-9-7-16(8-10-17)13-18(31)5-1-2-6-19-14-20-21(33-19)15-22(32)28-20/h7-10,19-21H,1-6,11-15H2,(H,28,32)(H4,25,26,27,29). The molecular weight excluding hydrogens is 436 g/mol. The summed E-state index contributed by atoms with van der Waals surface area (Å²) in [6.07, 6.45) is 8.14. The Balaban J connectivity index is 1.15. The van der Waals surface area contributed by atoms with Crippen LogP contribution in [0.3, 0.4) is 0 Å². The predicted molar refractivity (Wildman–Crippen MR) is 134 cm³/mol. The molecule has 33 heavy (non-hydrogen) atoms. The number of benzene rings is 1. The number of ketones is 1. The number of carbonyl (C=O) groups is 2. The minimum absolute atomic E-state index is 0.134. The molecule has 3 heterocycles. The Morgan fingerprint density at radius 3 is 2.64 bits per heavy atom. The number of likely N-dealkylation sites (tertiary alicyclic amines) is 1. The van der Waals surface area contributed by atoms with Crippen molar-refractivity contribution >= 4 is 41.1 Å². The van der Waals surface area contributed by atoms with Crippen molar-refractivity contribution in [3.8, 4) is 0 Å². The summed E-state index contributed by atoms with van der Waals surface area (Å²) in [5, 5.41) is 4.15. The number of thioether (sulfide) groups is 1. The van der Waals surface area contributed by atoms with Crippen LogP contribution in [0.5, 0.6) is 0 Å². The third kappa shape index (κ3) is 6.72. The average Bonchev–Trinajstić information content (AvgIpc) is 3.49. The van der Waals surface area contributed by atoms with Crippen LogP contribution >= 0.6 is 11.8 Å². The van der Waals surface area contributed by atoms with Gasteiger partial charge in [0.05, 0.1) is 5.69 Å². The summed E-state index contributed by atoms with van der Waals surface area (Å²) in [5.74, 6) is 1.00. The largest absolute Gasteiger partial charge is 0.369 e. The summed E-state index contributed by atoms with van der Waals surface area (Å²) in [5.41, 5.74) is 13.6. The van der Waals surface area contributed by atoms with E-state index < -0.39 is 0 Å². The first-order valence-electron chi connectivity index (χ1n) is 11.9. The van der Waals surface area contributed by atoms with Gasteiger partial charge in [0.25, 0.3) is 0 Å². The zero-order valence-corrected chi connectivity index (χ0v) is 19.9. The van der Waals surface area contributed by atoms with Crippen LogP contribution in [0.4, 0.5) is 5.69 Å². The normalized spacial score (nSPS) is 25.4. The summed E-state index contributed by atoms with van der Waals surface area (Å²) in [4.78, 5) is 34.3. The van der Waals surface area contributed by atoms with Gasteiger partial charge in [0.2, 0.25) is 11.9 Å². The lowest BCUT2D eigenvalue weighted by Crippen LogP contribution is -2.36. The molecule has 0 saturated carbocycles. The first kappa shape index (κ1) is 23.6. The molecule has 4 rings (SSSR count). The molecule has 1 aromatic carbocycles. The summed E-state index contributed by atoms with van der Waals surface area (Å²) >= 11 is 1.96. The number of Topliss-reactive ketones (excluding diaryl/α,β-unsaturated/α-hetero) is 1. The molecule has 3 saturated heterocycles. The van der Waals surface area contributed by atoms with Gasteiger partial charge in [0.15, 0.2) is 5.96 Å². The van der Waals surface area contributed by atoms with Crippen LogP contribution in [0.2, 0.25) is 0 Å². The lowest BCUT2D eigenvalue weighted by molar-refractivity contribution is -0.119. The first-order chi connectivity index (χ1) is 16.0. The van der Waals surface area contributed by atoms with E-state index in [1.54, 1.807) is 0 Å². The fourth-order valence-electron chi connectivity index (χ4n) is 4.80. The van der Waals surface area contributed by atoms with Crippen molar-refractivity contribution < 1.29 is 9.59 Å². The maximum absolute atomic E-state index is 12.4.